The van der Waals surface area contributed by atoms with E-state index < -0.39 is 5.97 Å². The standard InChI is InChI=1S/C10H18N2O3/c1-8(7-9(13)14)11-10(15)12-5-3-2-4-6-12/h8H,2-7H2,1H3,(H,11,15)(H,13,14). The van der Waals surface area contributed by atoms with E-state index in [1.165, 1.54) is 6.42 Å². The Kier molecular flexibility index (Phi) is 4.39. The Morgan fingerprint density at radius 1 is 1.33 bits per heavy atom. The molecule has 0 aliphatic carbocycles. The van der Waals surface area contributed by atoms with Gasteiger partial charge in [-0.15, -0.1) is 0 Å². The van der Waals surface area contributed by atoms with Crippen LogP contribution in [0.3, 0.4) is 0 Å². The van der Waals surface area contributed by atoms with Gasteiger partial charge in [-0.25, -0.2) is 4.79 Å². The predicted molar refractivity (Wildman–Crippen MR) is 55.7 cm³/mol. The highest BCUT2D eigenvalue weighted by molar-refractivity contribution is 5.75. The number of rotatable bonds is 3. The summed E-state index contributed by atoms with van der Waals surface area (Å²) in [7, 11) is 0. The van der Waals surface area contributed by atoms with Crippen LogP contribution < -0.4 is 5.32 Å². The number of urea groups is 1. The molecule has 5 heteroatoms. The van der Waals surface area contributed by atoms with E-state index in [4.69, 9.17) is 5.11 Å². The van der Waals surface area contributed by atoms with Gasteiger partial charge in [0.2, 0.25) is 0 Å². The zero-order valence-corrected chi connectivity index (χ0v) is 9.03. The lowest BCUT2D eigenvalue weighted by Gasteiger charge is -2.28. The Morgan fingerprint density at radius 2 is 1.93 bits per heavy atom. The zero-order valence-electron chi connectivity index (χ0n) is 9.03. The van der Waals surface area contributed by atoms with Gasteiger partial charge in [0, 0.05) is 19.1 Å². The van der Waals surface area contributed by atoms with Crippen LogP contribution in [0.25, 0.3) is 0 Å². The second-order valence-corrected chi connectivity index (χ2v) is 4.00. The van der Waals surface area contributed by atoms with E-state index in [0.717, 1.165) is 25.9 Å². The first kappa shape index (κ1) is 11.8. The van der Waals surface area contributed by atoms with Crippen LogP contribution in [0.4, 0.5) is 4.79 Å². The third kappa shape index (κ3) is 4.18. The molecule has 1 rings (SSSR count). The number of nitrogens with zero attached hydrogens (tertiary/aromatic N) is 1. The first-order chi connectivity index (χ1) is 7.09. The molecular weight excluding hydrogens is 196 g/mol. The van der Waals surface area contributed by atoms with Gasteiger partial charge in [0.05, 0.1) is 6.42 Å². The smallest absolute Gasteiger partial charge is 0.317 e. The molecule has 5 nitrogen and oxygen atoms in total. The Balaban J connectivity index is 2.30. The van der Waals surface area contributed by atoms with E-state index in [9.17, 15) is 9.59 Å². The van der Waals surface area contributed by atoms with E-state index in [-0.39, 0.29) is 18.5 Å². The summed E-state index contributed by atoms with van der Waals surface area (Å²) in [6, 6.07) is -0.444. The van der Waals surface area contributed by atoms with Crippen molar-refractivity contribution < 1.29 is 14.7 Å². The zero-order chi connectivity index (χ0) is 11.3. The summed E-state index contributed by atoms with van der Waals surface area (Å²) in [5, 5.41) is 11.2. The summed E-state index contributed by atoms with van der Waals surface area (Å²) in [4.78, 5) is 23.8. The molecule has 2 N–H and O–H groups in total. The summed E-state index contributed by atoms with van der Waals surface area (Å²) in [5.74, 6) is -0.888. The predicted octanol–water partition coefficient (Wildman–Crippen LogP) is 1.05. The quantitative estimate of drug-likeness (QED) is 0.737. The maximum absolute atomic E-state index is 11.6. The Labute approximate surface area is 89.4 Å². The van der Waals surface area contributed by atoms with Gasteiger partial charge in [-0.2, -0.15) is 0 Å². The van der Waals surface area contributed by atoms with Gasteiger partial charge in [-0.3, -0.25) is 4.79 Å². The highest BCUT2D eigenvalue weighted by atomic mass is 16.4. The summed E-state index contributed by atoms with van der Waals surface area (Å²) in [6.45, 7) is 3.27. The topological polar surface area (TPSA) is 69.6 Å². The fourth-order valence-corrected chi connectivity index (χ4v) is 1.71. The summed E-state index contributed by atoms with van der Waals surface area (Å²) in [5.41, 5.74) is 0. The molecule has 1 aliphatic rings. The van der Waals surface area contributed by atoms with Gasteiger partial charge >= 0.3 is 12.0 Å². The number of likely N-dealkylation sites (tertiary alicyclic amines) is 1. The Bertz CT molecular complexity index is 237. The lowest BCUT2D eigenvalue weighted by Crippen LogP contribution is -2.46. The van der Waals surface area contributed by atoms with Crippen molar-refractivity contribution in [2.75, 3.05) is 13.1 Å². The minimum absolute atomic E-state index is 0.0282. The maximum Gasteiger partial charge on any atom is 0.317 e. The molecule has 1 atom stereocenters. The number of carboxylic acids is 1. The minimum atomic E-state index is -0.888. The van der Waals surface area contributed by atoms with Crippen LogP contribution >= 0.6 is 0 Å². The molecular formula is C10H18N2O3. The Morgan fingerprint density at radius 3 is 2.47 bits per heavy atom. The SMILES string of the molecule is CC(CC(=O)O)NC(=O)N1CCCCC1. The molecule has 0 aromatic rings. The third-order valence-electron chi connectivity index (χ3n) is 2.49. The fraction of sp³-hybridized carbons (Fsp3) is 0.800. The van der Waals surface area contributed by atoms with Crippen molar-refractivity contribution >= 4 is 12.0 Å². The molecule has 1 heterocycles. The average molecular weight is 214 g/mol. The van der Waals surface area contributed by atoms with E-state index >= 15 is 0 Å². The first-order valence-electron chi connectivity index (χ1n) is 5.37. The number of amides is 2. The number of carbonyl (C=O) groups is 2. The summed E-state index contributed by atoms with van der Waals surface area (Å²) in [6.07, 6.45) is 3.23. The lowest BCUT2D eigenvalue weighted by atomic mass is 10.1. The Hall–Kier alpha value is -1.26. The highest BCUT2D eigenvalue weighted by Crippen LogP contribution is 2.08. The van der Waals surface area contributed by atoms with Crippen molar-refractivity contribution in [2.24, 2.45) is 0 Å². The maximum atomic E-state index is 11.6. The number of aliphatic carboxylic acids is 1. The summed E-state index contributed by atoms with van der Waals surface area (Å²) >= 11 is 0. The molecule has 0 aromatic carbocycles. The van der Waals surface area contributed by atoms with Crippen molar-refractivity contribution in [3.63, 3.8) is 0 Å². The number of hydrogen-bond donors (Lipinski definition) is 2. The van der Waals surface area contributed by atoms with Crippen LogP contribution in [-0.2, 0) is 4.79 Å². The largest absolute Gasteiger partial charge is 0.481 e. The molecule has 15 heavy (non-hydrogen) atoms. The van der Waals surface area contributed by atoms with Crippen molar-refractivity contribution in [2.45, 2.75) is 38.6 Å². The van der Waals surface area contributed by atoms with Crippen molar-refractivity contribution in [3.05, 3.63) is 0 Å². The van der Waals surface area contributed by atoms with Crippen LogP contribution in [0.5, 0.6) is 0 Å². The van der Waals surface area contributed by atoms with Crippen LogP contribution in [0.15, 0.2) is 0 Å². The van der Waals surface area contributed by atoms with Crippen molar-refractivity contribution in [3.8, 4) is 0 Å². The van der Waals surface area contributed by atoms with Crippen molar-refractivity contribution in [1.29, 1.82) is 0 Å². The molecule has 0 aromatic heterocycles. The van der Waals surface area contributed by atoms with Crippen LogP contribution in [0.2, 0.25) is 0 Å². The number of hydrogen-bond acceptors (Lipinski definition) is 2. The summed E-state index contributed by atoms with van der Waals surface area (Å²) < 4.78 is 0. The highest BCUT2D eigenvalue weighted by Gasteiger charge is 2.18. The van der Waals surface area contributed by atoms with Gasteiger partial charge in [-0.1, -0.05) is 0 Å². The van der Waals surface area contributed by atoms with Gasteiger partial charge in [-0.05, 0) is 26.2 Å². The van der Waals surface area contributed by atoms with Crippen LogP contribution in [-0.4, -0.2) is 41.1 Å². The second-order valence-electron chi connectivity index (χ2n) is 4.00. The lowest BCUT2D eigenvalue weighted by molar-refractivity contribution is -0.137. The van der Waals surface area contributed by atoms with E-state index in [1.807, 2.05) is 0 Å². The molecule has 0 radical (unpaired) electrons. The molecule has 1 fully saturated rings. The number of carbonyl (C=O) groups excluding carboxylic acids is 1. The molecule has 1 saturated heterocycles. The average Bonchev–Trinajstić information content (AvgIpc) is 2.17. The third-order valence-corrected chi connectivity index (χ3v) is 2.49. The molecule has 0 saturated carbocycles. The number of carboxylic acid groups (broad SMARTS) is 1. The molecule has 1 unspecified atom stereocenters. The van der Waals surface area contributed by atoms with Gasteiger partial charge in [0.15, 0.2) is 0 Å². The van der Waals surface area contributed by atoms with E-state index in [0.29, 0.717) is 0 Å². The number of nitrogens with one attached hydrogen (secondary N) is 1. The molecule has 0 spiro atoms. The van der Waals surface area contributed by atoms with E-state index in [1.54, 1.807) is 11.8 Å². The molecule has 0 bridgehead atoms. The second kappa shape index (κ2) is 5.58. The van der Waals surface area contributed by atoms with Crippen LogP contribution in [0, 0.1) is 0 Å². The first-order valence-corrected chi connectivity index (χ1v) is 5.37. The minimum Gasteiger partial charge on any atom is -0.481 e. The van der Waals surface area contributed by atoms with E-state index in [2.05, 4.69) is 5.32 Å². The van der Waals surface area contributed by atoms with Gasteiger partial charge in [0.25, 0.3) is 0 Å². The van der Waals surface area contributed by atoms with Gasteiger partial charge < -0.3 is 15.3 Å². The van der Waals surface area contributed by atoms with Crippen molar-refractivity contribution in [1.82, 2.24) is 10.2 Å². The number of piperidine rings is 1. The fourth-order valence-electron chi connectivity index (χ4n) is 1.71. The monoisotopic (exact) mass is 214 g/mol. The normalized spacial score (nSPS) is 18.3. The van der Waals surface area contributed by atoms with Gasteiger partial charge in [0.1, 0.15) is 0 Å². The molecule has 1 aliphatic heterocycles. The molecule has 2 amide bonds. The van der Waals surface area contributed by atoms with Crippen LogP contribution in [0.1, 0.15) is 32.6 Å². The molecule has 86 valence electrons.